The van der Waals surface area contributed by atoms with Crippen molar-refractivity contribution < 1.29 is 14.3 Å². The molecule has 5 heteroatoms. The quantitative estimate of drug-likeness (QED) is 0.809. The van der Waals surface area contributed by atoms with E-state index in [0.29, 0.717) is 23.5 Å². The van der Waals surface area contributed by atoms with Gasteiger partial charge in [-0.3, -0.25) is 4.79 Å². The maximum atomic E-state index is 12.6. The largest absolute Gasteiger partial charge is 0.488 e. The van der Waals surface area contributed by atoms with E-state index in [9.17, 15) is 9.59 Å². The molecule has 0 aromatic heterocycles. The van der Waals surface area contributed by atoms with Crippen LogP contribution in [0.1, 0.15) is 27.0 Å². The Balaban J connectivity index is 0.000000511. The molecule has 2 aromatic rings. The monoisotopic (exact) mass is 335 g/mol. The maximum Gasteiger partial charge on any atom is 0.197 e. The fraction of sp³-hybridized carbons (Fsp3) is 0.300. The summed E-state index contributed by atoms with van der Waals surface area (Å²) in [6.07, 6.45) is 0.239. The second-order valence-corrected chi connectivity index (χ2v) is 6.37. The van der Waals surface area contributed by atoms with Gasteiger partial charge in [0, 0.05) is 17.5 Å². The minimum atomic E-state index is -0.0693. The van der Waals surface area contributed by atoms with Gasteiger partial charge < -0.3 is 14.4 Å². The predicted octanol–water partition coefficient (Wildman–Crippen LogP) is 2.69. The number of Topliss-reactive ketones (excluding diaryl/α,β-unsaturated/α-hetero) is 1. The van der Waals surface area contributed by atoms with E-state index in [0.717, 1.165) is 11.1 Å². The van der Waals surface area contributed by atoms with Crippen LogP contribution in [0.2, 0.25) is 6.32 Å². The third-order valence-electron chi connectivity index (χ3n) is 3.56. The molecular formula is C20H22BNO3. The minimum absolute atomic E-state index is 0.00433. The number of rotatable bonds is 3. The van der Waals surface area contributed by atoms with Gasteiger partial charge in [0.1, 0.15) is 18.1 Å². The highest BCUT2D eigenvalue weighted by molar-refractivity contribution is 6.20. The van der Waals surface area contributed by atoms with Gasteiger partial charge in [-0.25, -0.2) is 0 Å². The van der Waals surface area contributed by atoms with Gasteiger partial charge in [0.2, 0.25) is 0 Å². The summed E-state index contributed by atoms with van der Waals surface area (Å²) in [5.74, 6) is 0.428. The van der Waals surface area contributed by atoms with E-state index in [1.165, 1.54) is 0 Å². The molecular weight excluding hydrogens is 313 g/mol. The van der Waals surface area contributed by atoms with Crippen LogP contribution in [0.4, 0.5) is 0 Å². The smallest absolute Gasteiger partial charge is 0.197 e. The Morgan fingerprint density at radius 3 is 2.48 bits per heavy atom. The number of nitrogens with zero attached hydrogens (tertiary/aromatic N) is 1. The minimum Gasteiger partial charge on any atom is -0.488 e. The van der Waals surface area contributed by atoms with E-state index in [1.807, 2.05) is 44.2 Å². The van der Waals surface area contributed by atoms with Gasteiger partial charge in [-0.05, 0) is 45.2 Å². The van der Waals surface area contributed by atoms with Gasteiger partial charge >= 0.3 is 0 Å². The molecule has 2 radical (unpaired) electrons. The molecule has 0 fully saturated rings. The van der Waals surface area contributed by atoms with Crippen molar-refractivity contribution in [2.45, 2.75) is 19.3 Å². The second kappa shape index (κ2) is 8.63. The molecule has 3 rings (SSSR count). The molecule has 2 aromatic carbocycles. The lowest BCUT2D eigenvalue weighted by Crippen LogP contribution is -2.05. The van der Waals surface area contributed by atoms with Crippen molar-refractivity contribution in [1.82, 2.24) is 4.90 Å². The van der Waals surface area contributed by atoms with Gasteiger partial charge in [-0.1, -0.05) is 30.3 Å². The zero-order chi connectivity index (χ0) is 18.4. The first kappa shape index (κ1) is 18.9. The molecule has 128 valence electrons. The molecule has 1 aliphatic rings. The van der Waals surface area contributed by atoms with Crippen LogP contribution in [-0.4, -0.2) is 45.5 Å². The Hall–Kier alpha value is -2.40. The molecule has 0 saturated carbocycles. The number of hydrogen-bond donors (Lipinski definition) is 0. The highest BCUT2D eigenvalue weighted by Gasteiger charge is 2.22. The van der Waals surface area contributed by atoms with Crippen LogP contribution in [0.15, 0.2) is 42.5 Å². The summed E-state index contributed by atoms with van der Waals surface area (Å²) in [6.45, 7) is 0.371. The average Bonchev–Trinajstić information content (AvgIpc) is 2.72. The Morgan fingerprint density at radius 2 is 1.80 bits per heavy atom. The number of carbonyl (C=O) groups is 2. The summed E-state index contributed by atoms with van der Waals surface area (Å²) in [6, 6.07) is 12.7. The number of fused-ring (bicyclic) bond motifs is 2. The Bertz CT molecular complexity index is 769. The molecule has 0 atom stereocenters. The third kappa shape index (κ3) is 5.04. The van der Waals surface area contributed by atoms with Crippen molar-refractivity contribution in [1.29, 1.82) is 0 Å². The first-order valence-electron chi connectivity index (χ1n) is 8.13. The van der Waals surface area contributed by atoms with Crippen molar-refractivity contribution in [3.63, 3.8) is 0 Å². The van der Waals surface area contributed by atoms with Crippen LogP contribution in [0, 0.1) is 0 Å². The van der Waals surface area contributed by atoms with E-state index in [-0.39, 0.29) is 24.3 Å². The van der Waals surface area contributed by atoms with E-state index in [4.69, 9.17) is 12.6 Å². The first-order valence-corrected chi connectivity index (χ1v) is 8.13. The van der Waals surface area contributed by atoms with Gasteiger partial charge in [0.25, 0.3) is 0 Å². The van der Waals surface area contributed by atoms with Crippen LogP contribution < -0.4 is 4.74 Å². The van der Waals surface area contributed by atoms with Crippen molar-refractivity contribution in [2.75, 3.05) is 21.1 Å². The van der Waals surface area contributed by atoms with Crippen LogP contribution in [0.3, 0.4) is 0 Å². The molecule has 0 unspecified atom stereocenters. The lowest BCUT2D eigenvalue weighted by atomic mass is 9.93. The number of benzene rings is 2. The zero-order valence-corrected chi connectivity index (χ0v) is 14.9. The van der Waals surface area contributed by atoms with Gasteiger partial charge in [-0.2, -0.15) is 0 Å². The second-order valence-electron chi connectivity index (χ2n) is 6.37. The summed E-state index contributed by atoms with van der Waals surface area (Å²) in [7, 11) is 11.3. The SMILES string of the molecule is CN(C)C.[B]CC(=O)Cc1ccc2c(c1)C(=O)c1ccccc1CO2. The van der Waals surface area contributed by atoms with Gasteiger partial charge in [0.15, 0.2) is 5.78 Å². The lowest BCUT2D eigenvalue weighted by molar-refractivity contribution is -0.116. The van der Waals surface area contributed by atoms with E-state index >= 15 is 0 Å². The highest BCUT2D eigenvalue weighted by Crippen LogP contribution is 2.29. The highest BCUT2D eigenvalue weighted by atomic mass is 16.5. The van der Waals surface area contributed by atoms with Crippen LogP contribution in [-0.2, 0) is 17.8 Å². The number of ketones is 2. The molecule has 0 aliphatic carbocycles. The molecule has 1 aliphatic heterocycles. The summed E-state index contributed by atoms with van der Waals surface area (Å²) in [5.41, 5.74) is 2.81. The molecule has 0 N–H and O–H groups in total. The van der Waals surface area contributed by atoms with Crippen molar-refractivity contribution >= 4 is 19.4 Å². The maximum absolute atomic E-state index is 12.6. The predicted molar refractivity (Wildman–Crippen MR) is 99.5 cm³/mol. The molecule has 0 bridgehead atoms. The third-order valence-corrected chi connectivity index (χ3v) is 3.56. The molecule has 0 amide bonds. The lowest BCUT2D eigenvalue weighted by Gasteiger charge is -2.08. The number of ether oxygens (including phenoxy) is 1. The van der Waals surface area contributed by atoms with E-state index < -0.39 is 0 Å². The molecule has 0 saturated heterocycles. The van der Waals surface area contributed by atoms with Crippen LogP contribution in [0.5, 0.6) is 5.75 Å². The standard InChI is InChI=1S/C17H13BO3.C3H9N/c18-9-13(19)7-11-5-6-16-15(8-11)17(20)14-4-2-1-3-12(14)10-21-16;1-4(2)3/h1-6,8H,7,9-10H2;1-3H3. The topological polar surface area (TPSA) is 46.6 Å². The number of carbonyl (C=O) groups excluding carboxylic acids is 2. The normalized spacial score (nSPS) is 12.2. The fourth-order valence-electron chi connectivity index (χ4n) is 2.46. The summed E-state index contributed by atoms with van der Waals surface area (Å²) >= 11 is 0. The summed E-state index contributed by atoms with van der Waals surface area (Å²) in [5, 5.41) is 0. The zero-order valence-electron chi connectivity index (χ0n) is 14.9. The molecule has 1 heterocycles. The molecule has 4 nitrogen and oxygen atoms in total. The van der Waals surface area contributed by atoms with Gasteiger partial charge in [0.05, 0.1) is 13.4 Å². The van der Waals surface area contributed by atoms with E-state index in [1.54, 1.807) is 24.3 Å². The molecule has 0 spiro atoms. The Morgan fingerprint density at radius 1 is 1.12 bits per heavy atom. The van der Waals surface area contributed by atoms with Crippen LogP contribution >= 0.6 is 0 Å². The molecule has 25 heavy (non-hydrogen) atoms. The number of hydrogen-bond acceptors (Lipinski definition) is 4. The van der Waals surface area contributed by atoms with Crippen molar-refractivity contribution in [3.05, 3.63) is 64.7 Å². The summed E-state index contributed by atoms with van der Waals surface area (Å²) < 4.78 is 5.70. The Kier molecular flexibility index (Phi) is 6.54. The van der Waals surface area contributed by atoms with E-state index in [2.05, 4.69) is 0 Å². The van der Waals surface area contributed by atoms with Crippen molar-refractivity contribution in [3.8, 4) is 5.75 Å². The fourth-order valence-corrected chi connectivity index (χ4v) is 2.46. The first-order chi connectivity index (χ1) is 11.9. The summed E-state index contributed by atoms with van der Waals surface area (Å²) in [4.78, 5) is 26.1. The van der Waals surface area contributed by atoms with Crippen LogP contribution in [0.25, 0.3) is 0 Å². The Labute approximate surface area is 150 Å². The van der Waals surface area contributed by atoms with Crippen molar-refractivity contribution in [2.24, 2.45) is 0 Å². The average molecular weight is 335 g/mol. The van der Waals surface area contributed by atoms with Gasteiger partial charge in [-0.15, -0.1) is 0 Å².